The number of aromatic amines is 1. The lowest BCUT2D eigenvalue weighted by atomic mass is 10.0. The molecule has 1 saturated heterocycles. The monoisotopic (exact) mass is 450 g/mol. The molecule has 2 aromatic heterocycles. The van der Waals surface area contributed by atoms with E-state index in [0.717, 1.165) is 23.5 Å². The molecule has 2 aromatic rings. The van der Waals surface area contributed by atoms with E-state index in [-0.39, 0.29) is 17.5 Å². The number of H-pyrrole nitrogens is 1. The molecule has 0 spiro atoms. The molecule has 3 heterocycles. The van der Waals surface area contributed by atoms with Crippen molar-refractivity contribution in [3.63, 3.8) is 0 Å². The molecule has 0 aromatic carbocycles. The summed E-state index contributed by atoms with van der Waals surface area (Å²) in [5, 5.41) is 6.33. The molecule has 176 valence electrons. The van der Waals surface area contributed by atoms with Crippen LogP contribution in [-0.2, 0) is 4.79 Å². The van der Waals surface area contributed by atoms with Crippen molar-refractivity contribution in [3.8, 4) is 11.1 Å². The highest BCUT2D eigenvalue weighted by Gasteiger charge is 2.37. The van der Waals surface area contributed by atoms with Gasteiger partial charge in [0.2, 0.25) is 5.91 Å². The standard InChI is InChI=1S/C25H34N6O2/c1-17(2)27-9-4-5-24(32)30-15-21(16-30)31(14-18-6-7-18)22-11-20(13-29-25(22)33)19-8-10-28-23(12-19)26-3/h4-5,8,10-13,17-18,21,27H,6-7,9,14-16H2,1-3H3,(H,26,28)(H,29,33). The first kappa shape index (κ1) is 23.0. The van der Waals surface area contributed by atoms with Gasteiger partial charge in [0, 0.05) is 63.3 Å². The second kappa shape index (κ2) is 10.2. The van der Waals surface area contributed by atoms with E-state index in [9.17, 15) is 9.59 Å². The van der Waals surface area contributed by atoms with Gasteiger partial charge in [-0.05, 0) is 42.5 Å². The van der Waals surface area contributed by atoms with Gasteiger partial charge in [-0.15, -0.1) is 0 Å². The Kier molecular flexibility index (Phi) is 7.13. The number of anilines is 2. The minimum absolute atomic E-state index is 0.0298. The molecular weight excluding hydrogens is 416 g/mol. The van der Waals surface area contributed by atoms with Crippen LogP contribution in [0.25, 0.3) is 11.1 Å². The van der Waals surface area contributed by atoms with Gasteiger partial charge in [0.25, 0.3) is 5.56 Å². The second-order valence-corrected chi connectivity index (χ2v) is 9.24. The van der Waals surface area contributed by atoms with Gasteiger partial charge in [-0.25, -0.2) is 4.98 Å². The molecule has 2 fully saturated rings. The van der Waals surface area contributed by atoms with E-state index in [1.807, 2.05) is 36.2 Å². The number of hydrogen-bond donors (Lipinski definition) is 3. The maximum absolute atomic E-state index is 12.8. The minimum Gasteiger partial charge on any atom is -0.373 e. The third-order valence-electron chi connectivity index (χ3n) is 6.21. The summed E-state index contributed by atoms with van der Waals surface area (Å²) in [4.78, 5) is 36.6. The summed E-state index contributed by atoms with van der Waals surface area (Å²) in [6.07, 6.45) is 9.43. The summed E-state index contributed by atoms with van der Waals surface area (Å²) in [6.45, 7) is 6.96. The molecule has 0 radical (unpaired) electrons. The lowest BCUT2D eigenvalue weighted by Gasteiger charge is -2.46. The number of amides is 1. The van der Waals surface area contributed by atoms with Crippen LogP contribution in [0.3, 0.4) is 0 Å². The SMILES string of the molecule is CNc1cc(-c2c[nH]c(=O)c(N(CC3CC3)C3CN(C(=O)C=CCNC(C)C)C3)c2)ccn1. The zero-order valence-corrected chi connectivity index (χ0v) is 19.7. The van der Waals surface area contributed by atoms with Crippen molar-refractivity contribution in [1.82, 2.24) is 20.2 Å². The van der Waals surface area contributed by atoms with Crippen molar-refractivity contribution in [2.24, 2.45) is 5.92 Å². The zero-order valence-electron chi connectivity index (χ0n) is 19.7. The Hall–Kier alpha value is -3.13. The Labute approximate surface area is 195 Å². The third kappa shape index (κ3) is 5.82. The highest BCUT2D eigenvalue weighted by Crippen LogP contribution is 2.34. The molecule has 2 aliphatic rings. The van der Waals surface area contributed by atoms with E-state index >= 15 is 0 Å². The number of nitrogens with one attached hydrogen (secondary N) is 3. The van der Waals surface area contributed by atoms with Crippen LogP contribution in [0.2, 0.25) is 0 Å². The van der Waals surface area contributed by atoms with Crippen molar-refractivity contribution in [2.45, 2.75) is 38.8 Å². The smallest absolute Gasteiger partial charge is 0.271 e. The van der Waals surface area contributed by atoms with Crippen molar-refractivity contribution < 1.29 is 4.79 Å². The van der Waals surface area contributed by atoms with Crippen LogP contribution >= 0.6 is 0 Å². The Morgan fingerprint density at radius 3 is 2.79 bits per heavy atom. The second-order valence-electron chi connectivity index (χ2n) is 9.24. The first-order valence-electron chi connectivity index (χ1n) is 11.8. The largest absolute Gasteiger partial charge is 0.373 e. The Morgan fingerprint density at radius 1 is 1.30 bits per heavy atom. The molecule has 4 rings (SSSR count). The number of carbonyl (C=O) groups is 1. The number of carbonyl (C=O) groups excluding carboxylic acids is 1. The Bertz CT molecular complexity index is 1050. The molecule has 3 N–H and O–H groups in total. The van der Waals surface area contributed by atoms with Gasteiger partial charge in [0.15, 0.2) is 0 Å². The van der Waals surface area contributed by atoms with Crippen LogP contribution in [0, 0.1) is 5.92 Å². The van der Waals surface area contributed by atoms with Crippen LogP contribution in [0.1, 0.15) is 26.7 Å². The summed E-state index contributed by atoms with van der Waals surface area (Å²) in [5.74, 6) is 1.43. The van der Waals surface area contributed by atoms with Crippen molar-refractivity contribution in [1.29, 1.82) is 0 Å². The van der Waals surface area contributed by atoms with Gasteiger partial charge in [0.05, 0.1) is 6.04 Å². The van der Waals surface area contributed by atoms with Gasteiger partial charge in [-0.2, -0.15) is 0 Å². The summed E-state index contributed by atoms with van der Waals surface area (Å²) in [6, 6.07) is 6.41. The Morgan fingerprint density at radius 2 is 2.09 bits per heavy atom. The fourth-order valence-corrected chi connectivity index (χ4v) is 4.02. The van der Waals surface area contributed by atoms with Crippen molar-refractivity contribution in [2.75, 3.05) is 43.4 Å². The van der Waals surface area contributed by atoms with Crippen LogP contribution in [0.4, 0.5) is 11.5 Å². The number of aromatic nitrogens is 2. The van der Waals surface area contributed by atoms with Gasteiger partial charge in [0.1, 0.15) is 11.5 Å². The van der Waals surface area contributed by atoms with Gasteiger partial charge < -0.3 is 25.4 Å². The first-order chi connectivity index (χ1) is 15.9. The quantitative estimate of drug-likeness (QED) is 0.482. The average Bonchev–Trinajstić information content (AvgIpc) is 3.59. The third-order valence-corrected chi connectivity index (χ3v) is 6.21. The maximum Gasteiger partial charge on any atom is 0.271 e. The summed E-state index contributed by atoms with van der Waals surface area (Å²) >= 11 is 0. The zero-order chi connectivity index (χ0) is 23.4. The van der Waals surface area contributed by atoms with Gasteiger partial charge in [-0.3, -0.25) is 9.59 Å². The van der Waals surface area contributed by atoms with Crippen LogP contribution in [0.5, 0.6) is 0 Å². The predicted molar refractivity (Wildman–Crippen MR) is 133 cm³/mol. The maximum atomic E-state index is 12.8. The van der Waals surface area contributed by atoms with Crippen molar-refractivity contribution in [3.05, 3.63) is 53.1 Å². The van der Waals surface area contributed by atoms with E-state index in [1.165, 1.54) is 12.8 Å². The molecule has 1 aliphatic heterocycles. The van der Waals surface area contributed by atoms with E-state index in [1.54, 1.807) is 18.5 Å². The van der Waals surface area contributed by atoms with Crippen LogP contribution < -0.4 is 21.1 Å². The molecule has 8 heteroatoms. The Balaban J connectivity index is 1.48. The predicted octanol–water partition coefficient (Wildman–Crippen LogP) is 2.46. The summed E-state index contributed by atoms with van der Waals surface area (Å²) < 4.78 is 0. The number of nitrogens with zero attached hydrogens (tertiary/aromatic N) is 3. The van der Waals surface area contributed by atoms with E-state index < -0.39 is 0 Å². The molecule has 1 aliphatic carbocycles. The van der Waals surface area contributed by atoms with E-state index in [2.05, 4.69) is 39.3 Å². The number of likely N-dealkylation sites (tertiary alicyclic amines) is 1. The van der Waals surface area contributed by atoms with E-state index in [0.29, 0.717) is 37.3 Å². The van der Waals surface area contributed by atoms with Crippen LogP contribution in [0.15, 0.2) is 47.5 Å². The van der Waals surface area contributed by atoms with Crippen molar-refractivity contribution >= 4 is 17.4 Å². The lowest BCUT2D eigenvalue weighted by molar-refractivity contribution is -0.130. The molecule has 0 bridgehead atoms. The molecule has 1 amide bonds. The molecule has 0 atom stereocenters. The topological polar surface area (TPSA) is 93.4 Å². The molecule has 1 saturated carbocycles. The number of hydrogen-bond acceptors (Lipinski definition) is 6. The minimum atomic E-state index is -0.0910. The lowest BCUT2D eigenvalue weighted by Crippen LogP contribution is -2.62. The van der Waals surface area contributed by atoms with E-state index in [4.69, 9.17) is 0 Å². The fourth-order valence-electron chi connectivity index (χ4n) is 4.02. The number of rotatable bonds is 10. The molecule has 33 heavy (non-hydrogen) atoms. The highest BCUT2D eigenvalue weighted by atomic mass is 16.2. The van der Waals surface area contributed by atoms with Crippen LogP contribution in [-0.4, -0.2) is 66.1 Å². The first-order valence-corrected chi connectivity index (χ1v) is 11.8. The molecular formula is C25H34N6O2. The summed E-state index contributed by atoms with van der Waals surface area (Å²) in [7, 11) is 1.83. The van der Waals surface area contributed by atoms with Gasteiger partial charge >= 0.3 is 0 Å². The molecule has 8 nitrogen and oxygen atoms in total. The average molecular weight is 451 g/mol. The highest BCUT2D eigenvalue weighted by molar-refractivity contribution is 5.88. The number of pyridine rings is 2. The fraction of sp³-hybridized carbons (Fsp3) is 0.480. The molecule has 0 unspecified atom stereocenters. The normalized spacial score (nSPS) is 16.3. The summed E-state index contributed by atoms with van der Waals surface area (Å²) in [5.41, 5.74) is 2.52. The van der Waals surface area contributed by atoms with Gasteiger partial charge in [-0.1, -0.05) is 19.9 Å².